The number of fused-ring (bicyclic) bond motifs is 1. The Kier molecular flexibility index (Phi) is 6.93. The summed E-state index contributed by atoms with van der Waals surface area (Å²) in [5.74, 6) is 0.693. The van der Waals surface area contributed by atoms with Crippen molar-refractivity contribution in [2.75, 3.05) is 36.9 Å². The highest BCUT2D eigenvalue weighted by molar-refractivity contribution is 7.92. The number of carbonyl (C=O) groups is 1. The topological polar surface area (TPSA) is 97.0 Å². The van der Waals surface area contributed by atoms with Gasteiger partial charge in [-0.25, -0.2) is 8.42 Å². The fourth-order valence-electron chi connectivity index (χ4n) is 3.41. The van der Waals surface area contributed by atoms with Gasteiger partial charge in [0.15, 0.2) is 11.5 Å². The Morgan fingerprint density at radius 1 is 0.912 bits per heavy atom. The van der Waals surface area contributed by atoms with Gasteiger partial charge in [0, 0.05) is 50.1 Å². The molecule has 3 aromatic rings. The van der Waals surface area contributed by atoms with Crippen LogP contribution in [-0.4, -0.2) is 41.6 Å². The molecule has 34 heavy (non-hydrogen) atoms. The molecule has 0 radical (unpaired) electrons. The van der Waals surface area contributed by atoms with Crippen LogP contribution in [0.1, 0.15) is 22.3 Å². The van der Waals surface area contributed by atoms with Gasteiger partial charge in [-0.2, -0.15) is 0 Å². The lowest BCUT2D eigenvalue weighted by Crippen LogP contribution is -2.22. The molecule has 2 N–H and O–H groups in total. The number of amides is 1. The first kappa shape index (κ1) is 23.4. The normalized spacial score (nSPS) is 13.0. The highest BCUT2D eigenvalue weighted by Gasteiger charge is 2.19. The molecule has 0 aromatic heterocycles. The molecular formula is C25H27N3O5S. The lowest BCUT2D eigenvalue weighted by Gasteiger charge is -2.13. The van der Waals surface area contributed by atoms with Crippen LogP contribution in [0.2, 0.25) is 0 Å². The zero-order chi connectivity index (χ0) is 24.1. The van der Waals surface area contributed by atoms with E-state index in [0.29, 0.717) is 42.5 Å². The van der Waals surface area contributed by atoms with Crippen molar-refractivity contribution in [1.82, 2.24) is 5.32 Å². The fraction of sp³-hybridized carbons (Fsp3) is 0.240. The Hall–Kier alpha value is -3.72. The lowest BCUT2D eigenvalue weighted by atomic mass is 10.1. The summed E-state index contributed by atoms with van der Waals surface area (Å²) in [6, 6.07) is 18.7. The summed E-state index contributed by atoms with van der Waals surface area (Å²) in [5, 5.41) is 2.87. The van der Waals surface area contributed by atoms with Crippen LogP contribution >= 0.6 is 0 Å². The molecule has 0 saturated carbocycles. The minimum atomic E-state index is -3.84. The Bertz CT molecular complexity index is 1260. The highest BCUT2D eigenvalue weighted by atomic mass is 32.2. The summed E-state index contributed by atoms with van der Waals surface area (Å²) in [4.78, 5) is 14.6. The standard InChI is InChI=1S/C25H27N3O5S/c1-28(2)21-10-4-18(5-11-21)17-26-25(29)19-6-8-20(9-7-19)27-34(30,31)22-12-13-23-24(16-22)33-15-3-14-32-23/h4-13,16,27H,3,14-15,17H2,1-2H3,(H,26,29). The fourth-order valence-corrected chi connectivity index (χ4v) is 4.48. The van der Waals surface area contributed by atoms with E-state index in [4.69, 9.17) is 9.47 Å². The lowest BCUT2D eigenvalue weighted by molar-refractivity contribution is 0.0951. The Labute approximate surface area is 199 Å². The first-order chi connectivity index (χ1) is 16.3. The maximum absolute atomic E-state index is 12.8. The van der Waals surface area contributed by atoms with Gasteiger partial charge < -0.3 is 19.7 Å². The van der Waals surface area contributed by atoms with Crippen molar-refractivity contribution in [2.45, 2.75) is 17.9 Å². The summed E-state index contributed by atoms with van der Waals surface area (Å²) in [6.45, 7) is 1.39. The van der Waals surface area contributed by atoms with Crippen molar-refractivity contribution in [2.24, 2.45) is 0 Å². The molecule has 0 spiro atoms. The molecule has 1 amide bonds. The number of rotatable bonds is 7. The van der Waals surface area contributed by atoms with E-state index in [1.54, 1.807) is 30.3 Å². The Balaban J connectivity index is 1.38. The number of carbonyl (C=O) groups excluding carboxylic acids is 1. The van der Waals surface area contributed by atoms with E-state index >= 15 is 0 Å². The molecule has 1 aliphatic heterocycles. The summed E-state index contributed by atoms with van der Waals surface area (Å²) < 4.78 is 39.3. The predicted octanol–water partition coefficient (Wildman–Crippen LogP) is 3.64. The van der Waals surface area contributed by atoms with Crippen LogP contribution in [0.15, 0.2) is 71.6 Å². The van der Waals surface area contributed by atoms with Gasteiger partial charge in [-0.15, -0.1) is 0 Å². The molecule has 0 fully saturated rings. The van der Waals surface area contributed by atoms with E-state index in [-0.39, 0.29) is 10.8 Å². The van der Waals surface area contributed by atoms with Crippen LogP contribution < -0.4 is 24.4 Å². The van der Waals surface area contributed by atoms with Crippen molar-refractivity contribution in [3.63, 3.8) is 0 Å². The van der Waals surface area contributed by atoms with Crippen LogP contribution in [0.4, 0.5) is 11.4 Å². The Morgan fingerprint density at radius 3 is 2.26 bits per heavy atom. The summed E-state index contributed by atoms with van der Waals surface area (Å²) in [6.07, 6.45) is 0.734. The quantitative estimate of drug-likeness (QED) is 0.535. The summed E-state index contributed by atoms with van der Waals surface area (Å²) >= 11 is 0. The van der Waals surface area contributed by atoms with Crippen molar-refractivity contribution < 1.29 is 22.7 Å². The van der Waals surface area contributed by atoms with E-state index in [1.165, 1.54) is 12.1 Å². The molecule has 1 heterocycles. The van der Waals surface area contributed by atoms with Crippen molar-refractivity contribution in [3.8, 4) is 11.5 Å². The van der Waals surface area contributed by atoms with Crippen LogP contribution in [0.25, 0.3) is 0 Å². The minimum Gasteiger partial charge on any atom is -0.490 e. The highest BCUT2D eigenvalue weighted by Crippen LogP contribution is 2.32. The zero-order valence-electron chi connectivity index (χ0n) is 19.1. The van der Waals surface area contributed by atoms with Crippen LogP contribution in [0, 0.1) is 0 Å². The molecular weight excluding hydrogens is 454 g/mol. The SMILES string of the molecule is CN(C)c1ccc(CNC(=O)c2ccc(NS(=O)(=O)c3ccc4c(c3)OCCCO4)cc2)cc1. The number of nitrogens with zero attached hydrogens (tertiary/aromatic N) is 1. The largest absolute Gasteiger partial charge is 0.490 e. The molecule has 8 nitrogen and oxygen atoms in total. The second kappa shape index (κ2) is 10.0. The van der Waals surface area contributed by atoms with Gasteiger partial charge in [-0.1, -0.05) is 12.1 Å². The van der Waals surface area contributed by atoms with E-state index in [1.807, 2.05) is 43.3 Å². The van der Waals surface area contributed by atoms with Gasteiger partial charge >= 0.3 is 0 Å². The zero-order valence-corrected chi connectivity index (χ0v) is 19.9. The second-order valence-corrected chi connectivity index (χ2v) is 9.77. The number of sulfonamides is 1. The first-order valence-corrected chi connectivity index (χ1v) is 12.4. The predicted molar refractivity (Wildman–Crippen MR) is 131 cm³/mol. The van der Waals surface area contributed by atoms with Crippen molar-refractivity contribution >= 4 is 27.3 Å². The summed E-state index contributed by atoms with van der Waals surface area (Å²) in [5.41, 5.74) is 2.85. The maximum atomic E-state index is 12.8. The van der Waals surface area contributed by atoms with Crippen LogP contribution in [-0.2, 0) is 16.6 Å². The average Bonchev–Trinajstić information content (AvgIpc) is 3.08. The van der Waals surface area contributed by atoms with Crippen LogP contribution in [0.3, 0.4) is 0 Å². The monoisotopic (exact) mass is 481 g/mol. The minimum absolute atomic E-state index is 0.0684. The third-order valence-corrected chi connectivity index (χ3v) is 6.71. The van der Waals surface area contributed by atoms with Gasteiger partial charge in [0.05, 0.1) is 18.1 Å². The van der Waals surface area contributed by atoms with E-state index in [2.05, 4.69) is 10.0 Å². The van der Waals surface area contributed by atoms with E-state index in [0.717, 1.165) is 17.7 Å². The van der Waals surface area contributed by atoms with Crippen molar-refractivity contribution in [3.05, 3.63) is 77.9 Å². The molecule has 9 heteroatoms. The number of anilines is 2. The smallest absolute Gasteiger partial charge is 0.262 e. The third-order valence-electron chi connectivity index (χ3n) is 5.33. The number of nitrogens with one attached hydrogen (secondary N) is 2. The maximum Gasteiger partial charge on any atom is 0.262 e. The first-order valence-electron chi connectivity index (χ1n) is 10.9. The average molecular weight is 482 g/mol. The second-order valence-electron chi connectivity index (χ2n) is 8.09. The molecule has 0 bridgehead atoms. The summed E-state index contributed by atoms with van der Waals surface area (Å²) in [7, 11) is 0.103. The third kappa shape index (κ3) is 5.60. The van der Waals surface area contributed by atoms with Gasteiger partial charge in [0.1, 0.15) is 0 Å². The number of ether oxygens (including phenoxy) is 2. The van der Waals surface area contributed by atoms with Gasteiger partial charge in [-0.3, -0.25) is 9.52 Å². The van der Waals surface area contributed by atoms with Gasteiger partial charge in [-0.05, 0) is 54.1 Å². The van der Waals surface area contributed by atoms with Gasteiger partial charge in [0.2, 0.25) is 0 Å². The molecule has 0 aliphatic carbocycles. The molecule has 4 rings (SSSR count). The van der Waals surface area contributed by atoms with Gasteiger partial charge in [0.25, 0.3) is 15.9 Å². The molecule has 178 valence electrons. The van der Waals surface area contributed by atoms with E-state index in [9.17, 15) is 13.2 Å². The molecule has 0 saturated heterocycles. The van der Waals surface area contributed by atoms with Crippen LogP contribution in [0.5, 0.6) is 11.5 Å². The van der Waals surface area contributed by atoms with Crippen molar-refractivity contribution in [1.29, 1.82) is 0 Å². The number of hydrogen-bond acceptors (Lipinski definition) is 6. The number of hydrogen-bond donors (Lipinski definition) is 2. The van der Waals surface area contributed by atoms with E-state index < -0.39 is 10.0 Å². The molecule has 1 aliphatic rings. The number of benzene rings is 3. The molecule has 0 unspecified atom stereocenters. The molecule has 0 atom stereocenters. The Morgan fingerprint density at radius 2 is 1.59 bits per heavy atom. The molecule has 3 aromatic carbocycles.